The number of esters is 1. The number of likely N-dealkylation sites (tertiary alicyclic amines) is 1. The van der Waals surface area contributed by atoms with Gasteiger partial charge in [0, 0.05) is 63.6 Å². The van der Waals surface area contributed by atoms with E-state index in [-0.39, 0.29) is 36.2 Å². The molecule has 1 N–H and O–H groups in total. The third kappa shape index (κ3) is 12.2. The number of hydrogen-bond acceptors (Lipinski definition) is 8. The quantitative estimate of drug-likeness (QED) is 0.102. The molecule has 0 spiro atoms. The van der Waals surface area contributed by atoms with Crippen molar-refractivity contribution in [1.29, 1.82) is 0 Å². The maximum absolute atomic E-state index is 13.5. The van der Waals surface area contributed by atoms with E-state index in [9.17, 15) is 19.5 Å². The zero-order chi connectivity index (χ0) is 35.4. The van der Waals surface area contributed by atoms with E-state index in [2.05, 4.69) is 4.90 Å². The van der Waals surface area contributed by atoms with E-state index >= 15 is 0 Å². The lowest BCUT2D eigenvalue weighted by molar-refractivity contribution is -0.150. The van der Waals surface area contributed by atoms with Crippen LogP contribution in [0.2, 0.25) is 0 Å². The number of allylic oxidation sites excluding steroid dienone is 2. The Kier molecular flexibility index (Phi) is 15.1. The van der Waals surface area contributed by atoms with Gasteiger partial charge < -0.3 is 29.1 Å². The van der Waals surface area contributed by atoms with Crippen molar-refractivity contribution in [2.24, 2.45) is 17.8 Å². The molecule has 0 radical (unpaired) electrons. The van der Waals surface area contributed by atoms with Crippen molar-refractivity contribution in [1.82, 2.24) is 14.7 Å². The van der Waals surface area contributed by atoms with Crippen molar-refractivity contribution < 1.29 is 33.7 Å². The van der Waals surface area contributed by atoms with Gasteiger partial charge in [0.25, 0.3) is 0 Å². The molecule has 6 atom stereocenters. The van der Waals surface area contributed by atoms with Crippen LogP contribution in [0.1, 0.15) is 105 Å². The highest BCUT2D eigenvalue weighted by Crippen LogP contribution is 2.29. The predicted octanol–water partition coefficient (Wildman–Crippen LogP) is 6.88. The lowest BCUT2D eigenvalue weighted by Crippen LogP contribution is -2.53. The van der Waals surface area contributed by atoms with Crippen LogP contribution in [0.15, 0.2) is 36.0 Å². The standard InChI is InChI=1S/C39H63N3O7/c1-29-19-20-39(5,46)34(48-38(45)42-25-23-40(24-26-42)33-15-8-6-7-9-16-33)18-17-32(4)36(49-35(43)27-29)31(3)14-12-13-30(2)28-47-37(44)41-21-10-11-22-41/h12-14,17-18,29-30,32-34,36,46H,6-11,15-16,19-28H2,1-5H3/b13-12+,18-17+,31-14+/t29-,30+,32+,34+,36-,39-/m1/s1. The minimum Gasteiger partial charge on any atom is -0.457 e. The highest BCUT2D eigenvalue weighted by Gasteiger charge is 2.37. The number of aliphatic hydroxyl groups is 1. The molecular formula is C39H63N3O7. The normalized spacial score (nSPS) is 31.7. The monoisotopic (exact) mass is 685 g/mol. The molecule has 0 bridgehead atoms. The van der Waals surface area contributed by atoms with E-state index in [1.54, 1.807) is 22.8 Å². The van der Waals surface area contributed by atoms with Gasteiger partial charge in [-0.05, 0) is 69.9 Å². The molecule has 49 heavy (non-hydrogen) atoms. The van der Waals surface area contributed by atoms with Crippen LogP contribution >= 0.6 is 0 Å². The summed E-state index contributed by atoms with van der Waals surface area (Å²) in [7, 11) is 0. The van der Waals surface area contributed by atoms with Crippen LogP contribution in [0.3, 0.4) is 0 Å². The second-order valence-corrected chi connectivity index (χ2v) is 15.4. The largest absolute Gasteiger partial charge is 0.457 e. The van der Waals surface area contributed by atoms with Gasteiger partial charge in [0.1, 0.15) is 11.7 Å². The van der Waals surface area contributed by atoms with Gasteiger partial charge in [-0.2, -0.15) is 0 Å². The molecule has 0 unspecified atom stereocenters. The molecule has 1 aliphatic carbocycles. The Morgan fingerprint density at radius 1 is 0.959 bits per heavy atom. The SMILES string of the molecule is C/C(=C\C=C\[C@H](C)COC(=O)N1CCCC1)[C@H]1OC(=O)C[C@H](C)CC[C@@](C)(O)[C@@H](OC(=O)N2CCN(C3CCCCCC3)CC2)/C=C/[C@@H]1C. The van der Waals surface area contributed by atoms with Crippen LogP contribution in [0.25, 0.3) is 0 Å². The third-order valence-electron chi connectivity index (χ3n) is 10.8. The molecule has 10 nitrogen and oxygen atoms in total. The molecule has 3 aliphatic heterocycles. The molecule has 1 saturated carbocycles. The minimum absolute atomic E-state index is 0.0138. The predicted molar refractivity (Wildman–Crippen MR) is 191 cm³/mol. The number of amides is 2. The molecule has 2 saturated heterocycles. The average molecular weight is 686 g/mol. The van der Waals surface area contributed by atoms with E-state index in [0.29, 0.717) is 38.6 Å². The van der Waals surface area contributed by atoms with Gasteiger partial charge in [0.2, 0.25) is 0 Å². The van der Waals surface area contributed by atoms with E-state index in [1.165, 1.54) is 38.5 Å². The summed E-state index contributed by atoms with van der Waals surface area (Å²) in [5, 5.41) is 11.6. The second-order valence-electron chi connectivity index (χ2n) is 15.4. The summed E-state index contributed by atoms with van der Waals surface area (Å²) >= 11 is 0. The van der Waals surface area contributed by atoms with Gasteiger partial charge in [-0.3, -0.25) is 9.69 Å². The Morgan fingerprint density at radius 3 is 2.29 bits per heavy atom. The van der Waals surface area contributed by atoms with Crippen molar-refractivity contribution in [2.75, 3.05) is 45.9 Å². The fraction of sp³-hybridized carbons (Fsp3) is 0.769. The first-order valence-corrected chi connectivity index (χ1v) is 19.0. The van der Waals surface area contributed by atoms with Gasteiger partial charge >= 0.3 is 18.2 Å². The van der Waals surface area contributed by atoms with Gasteiger partial charge in [0.05, 0.1) is 6.61 Å². The number of cyclic esters (lactones) is 1. The van der Waals surface area contributed by atoms with Crippen LogP contribution < -0.4 is 0 Å². The smallest absolute Gasteiger partial charge is 0.410 e. The molecule has 4 aliphatic rings. The number of rotatable bonds is 7. The molecule has 3 fully saturated rings. The van der Waals surface area contributed by atoms with Crippen LogP contribution in [-0.2, 0) is 19.0 Å². The maximum atomic E-state index is 13.5. The summed E-state index contributed by atoms with van der Waals surface area (Å²) in [6.07, 6.45) is 18.4. The second kappa shape index (κ2) is 18.9. The molecule has 0 aromatic rings. The summed E-state index contributed by atoms with van der Waals surface area (Å²) in [6, 6.07) is 0.613. The molecule has 276 valence electrons. The Hall–Kier alpha value is -2.85. The van der Waals surface area contributed by atoms with Crippen LogP contribution in [0.5, 0.6) is 0 Å². The maximum Gasteiger partial charge on any atom is 0.410 e. The fourth-order valence-electron chi connectivity index (χ4n) is 7.44. The molecule has 0 aromatic carbocycles. The first-order chi connectivity index (χ1) is 23.4. The number of nitrogens with zero attached hydrogens (tertiary/aromatic N) is 3. The highest BCUT2D eigenvalue weighted by molar-refractivity contribution is 5.70. The summed E-state index contributed by atoms with van der Waals surface area (Å²) in [4.78, 5) is 44.8. The van der Waals surface area contributed by atoms with E-state index in [0.717, 1.165) is 44.6 Å². The first-order valence-electron chi connectivity index (χ1n) is 19.0. The Labute approximate surface area is 294 Å². The topological polar surface area (TPSA) is 109 Å². The Bertz CT molecular complexity index is 1160. The van der Waals surface area contributed by atoms with Gasteiger partial charge in [-0.1, -0.05) is 70.8 Å². The summed E-state index contributed by atoms with van der Waals surface area (Å²) in [5.41, 5.74) is -0.442. The summed E-state index contributed by atoms with van der Waals surface area (Å²) in [6.45, 7) is 14.3. The number of hydrogen-bond donors (Lipinski definition) is 1. The van der Waals surface area contributed by atoms with Crippen molar-refractivity contribution in [3.63, 3.8) is 0 Å². The zero-order valence-electron chi connectivity index (χ0n) is 30.8. The van der Waals surface area contributed by atoms with Crippen molar-refractivity contribution in [3.05, 3.63) is 36.0 Å². The molecule has 0 aromatic heterocycles. The lowest BCUT2D eigenvalue weighted by Gasteiger charge is -2.40. The van der Waals surface area contributed by atoms with Gasteiger partial charge in [-0.25, -0.2) is 9.59 Å². The zero-order valence-corrected chi connectivity index (χ0v) is 30.8. The molecule has 2 amide bonds. The van der Waals surface area contributed by atoms with Gasteiger partial charge in [0.15, 0.2) is 6.10 Å². The summed E-state index contributed by atoms with van der Waals surface area (Å²) in [5.74, 6) is -0.518. The molecule has 4 rings (SSSR count). The van der Waals surface area contributed by atoms with E-state index in [1.807, 2.05) is 52.0 Å². The fourth-order valence-corrected chi connectivity index (χ4v) is 7.44. The number of ether oxygens (including phenoxy) is 3. The van der Waals surface area contributed by atoms with Crippen LogP contribution in [0.4, 0.5) is 9.59 Å². The summed E-state index contributed by atoms with van der Waals surface area (Å²) < 4.78 is 17.6. The number of carbonyl (C=O) groups excluding carboxylic acids is 3. The lowest BCUT2D eigenvalue weighted by atomic mass is 9.87. The number of piperazine rings is 1. The first kappa shape index (κ1) is 38.9. The Morgan fingerprint density at radius 2 is 1.61 bits per heavy atom. The van der Waals surface area contributed by atoms with Crippen molar-refractivity contribution in [2.45, 2.75) is 129 Å². The van der Waals surface area contributed by atoms with Crippen molar-refractivity contribution in [3.8, 4) is 0 Å². The van der Waals surface area contributed by atoms with Gasteiger partial charge in [-0.15, -0.1) is 0 Å². The van der Waals surface area contributed by atoms with Crippen LogP contribution in [0, 0.1) is 17.8 Å². The van der Waals surface area contributed by atoms with Crippen molar-refractivity contribution >= 4 is 18.2 Å². The van der Waals surface area contributed by atoms with E-state index < -0.39 is 23.9 Å². The average Bonchev–Trinajstić information content (AvgIpc) is 3.49. The third-order valence-corrected chi connectivity index (χ3v) is 10.8. The molecule has 10 heteroatoms. The highest BCUT2D eigenvalue weighted by atomic mass is 16.6. The van der Waals surface area contributed by atoms with Crippen LogP contribution in [-0.4, -0.2) is 108 Å². The molecule has 3 heterocycles. The minimum atomic E-state index is -1.30. The number of carbonyl (C=O) groups is 3. The van der Waals surface area contributed by atoms with E-state index in [4.69, 9.17) is 14.2 Å². The Balaban J connectivity index is 1.40. The molecular weight excluding hydrogens is 622 g/mol.